The third kappa shape index (κ3) is 4.23. The molecule has 20 heavy (non-hydrogen) atoms. The third-order valence-electron chi connectivity index (χ3n) is 3.73. The van der Waals surface area contributed by atoms with E-state index in [-0.39, 0.29) is 0 Å². The number of rotatable bonds is 7. The molecule has 1 aliphatic heterocycles. The Bertz CT molecular complexity index is 445. The van der Waals surface area contributed by atoms with E-state index in [1.165, 1.54) is 28.4 Å². The lowest BCUT2D eigenvalue weighted by atomic mass is 9.95. The second-order valence-corrected chi connectivity index (χ2v) is 7.05. The minimum Gasteiger partial charge on any atom is -0.493 e. The molecule has 2 rings (SSSR count). The first kappa shape index (κ1) is 15.8. The van der Waals surface area contributed by atoms with Crippen molar-refractivity contribution < 1.29 is 4.74 Å². The molecule has 1 unspecified atom stereocenters. The summed E-state index contributed by atoms with van der Waals surface area (Å²) in [4.78, 5) is 0. The van der Waals surface area contributed by atoms with E-state index in [0.717, 1.165) is 31.7 Å². The van der Waals surface area contributed by atoms with Gasteiger partial charge in [0.1, 0.15) is 5.75 Å². The first-order valence-electron chi connectivity index (χ1n) is 7.77. The van der Waals surface area contributed by atoms with Crippen molar-refractivity contribution in [2.24, 2.45) is 5.92 Å². The van der Waals surface area contributed by atoms with Gasteiger partial charge in [0, 0.05) is 16.9 Å². The second kappa shape index (κ2) is 7.46. The summed E-state index contributed by atoms with van der Waals surface area (Å²) < 4.78 is 7.02. The molecule has 0 fully saturated rings. The summed E-state index contributed by atoms with van der Waals surface area (Å²) in [7, 11) is 0. The van der Waals surface area contributed by atoms with Gasteiger partial charge in [-0.2, -0.15) is 0 Å². The molecule has 3 heteroatoms. The molecule has 1 aromatic rings. The minimum absolute atomic E-state index is 0.539. The molecule has 0 saturated heterocycles. The van der Waals surface area contributed by atoms with Crippen molar-refractivity contribution in [3.05, 3.63) is 27.7 Å². The maximum Gasteiger partial charge on any atom is 0.125 e. The SMILES string of the molecule is CCCNC(Cc1cc(Br)cc2c1OCC2)CC(C)C. The van der Waals surface area contributed by atoms with Crippen LogP contribution in [0.25, 0.3) is 0 Å². The van der Waals surface area contributed by atoms with E-state index >= 15 is 0 Å². The van der Waals surface area contributed by atoms with Gasteiger partial charge in [-0.3, -0.25) is 0 Å². The first-order valence-corrected chi connectivity index (χ1v) is 8.57. The van der Waals surface area contributed by atoms with Gasteiger partial charge in [-0.1, -0.05) is 36.7 Å². The standard InChI is InChI=1S/C17H26BrNO/c1-4-6-19-16(8-12(2)3)11-14-10-15(18)9-13-5-7-20-17(13)14/h9-10,12,16,19H,4-8,11H2,1-3H3. The summed E-state index contributed by atoms with van der Waals surface area (Å²) >= 11 is 3.63. The first-order chi connectivity index (χ1) is 9.60. The van der Waals surface area contributed by atoms with E-state index in [1.54, 1.807) is 0 Å². The number of halogens is 1. The summed E-state index contributed by atoms with van der Waals surface area (Å²) in [5, 5.41) is 3.69. The van der Waals surface area contributed by atoms with Crippen molar-refractivity contribution in [2.75, 3.05) is 13.2 Å². The lowest BCUT2D eigenvalue weighted by Gasteiger charge is -2.22. The molecular weight excluding hydrogens is 314 g/mol. The Balaban J connectivity index is 2.13. The Hall–Kier alpha value is -0.540. The van der Waals surface area contributed by atoms with Gasteiger partial charge in [-0.25, -0.2) is 0 Å². The van der Waals surface area contributed by atoms with Gasteiger partial charge in [-0.15, -0.1) is 0 Å². The van der Waals surface area contributed by atoms with Crippen molar-refractivity contribution in [1.29, 1.82) is 0 Å². The van der Waals surface area contributed by atoms with Crippen molar-refractivity contribution >= 4 is 15.9 Å². The van der Waals surface area contributed by atoms with Crippen LogP contribution < -0.4 is 10.1 Å². The van der Waals surface area contributed by atoms with Crippen molar-refractivity contribution in [3.63, 3.8) is 0 Å². The topological polar surface area (TPSA) is 21.3 Å². The Labute approximate surface area is 131 Å². The van der Waals surface area contributed by atoms with Crippen LogP contribution in [0.3, 0.4) is 0 Å². The molecule has 0 bridgehead atoms. The number of hydrogen-bond acceptors (Lipinski definition) is 2. The summed E-state index contributed by atoms with van der Waals surface area (Å²) in [5.41, 5.74) is 2.70. The highest BCUT2D eigenvalue weighted by Gasteiger charge is 2.20. The van der Waals surface area contributed by atoms with Crippen LogP contribution in [0.1, 0.15) is 44.7 Å². The minimum atomic E-state index is 0.539. The predicted molar refractivity (Wildman–Crippen MR) is 88.6 cm³/mol. The van der Waals surface area contributed by atoms with Crippen LogP contribution in [0.2, 0.25) is 0 Å². The molecule has 1 N–H and O–H groups in total. The third-order valence-corrected chi connectivity index (χ3v) is 4.19. The van der Waals surface area contributed by atoms with Gasteiger partial charge in [0.25, 0.3) is 0 Å². The molecule has 0 saturated carbocycles. The zero-order valence-corrected chi connectivity index (χ0v) is 14.4. The molecular formula is C17H26BrNO. The molecule has 0 amide bonds. The maximum absolute atomic E-state index is 5.85. The zero-order valence-electron chi connectivity index (χ0n) is 12.8. The molecule has 2 nitrogen and oxygen atoms in total. The Kier molecular flexibility index (Phi) is 5.91. The molecule has 1 aromatic carbocycles. The van der Waals surface area contributed by atoms with Crippen molar-refractivity contribution in [3.8, 4) is 5.75 Å². The lowest BCUT2D eigenvalue weighted by Crippen LogP contribution is -2.33. The Morgan fingerprint density at radius 1 is 1.35 bits per heavy atom. The Morgan fingerprint density at radius 3 is 2.85 bits per heavy atom. The fourth-order valence-corrected chi connectivity index (χ4v) is 3.47. The normalized spacial score (nSPS) is 15.2. The fourth-order valence-electron chi connectivity index (χ4n) is 2.92. The van der Waals surface area contributed by atoms with Crippen LogP contribution in [-0.4, -0.2) is 19.2 Å². The Morgan fingerprint density at radius 2 is 2.15 bits per heavy atom. The highest BCUT2D eigenvalue weighted by atomic mass is 79.9. The molecule has 0 spiro atoms. The van der Waals surface area contributed by atoms with Gasteiger partial charge >= 0.3 is 0 Å². The summed E-state index contributed by atoms with van der Waals surface area (Å²) in [6.07, 6.45) is 4.49. The number of fused-ring (bicyclic) bond motifs is 1. The van der Waals surface area contributed by atoms with Gasteiger partial charge in [0.2, 0.25) is 0 Å². The van der Waals surface area contributed by atoms with E-state index in [1.807, 2.05) is 0 Å². The average molecular weight is 340 g/mol. The van der Waals surface area contributed by atoms with E-state index < -0.39 is 0 Å². The van der Waals surface area contributed by atoms with Crippen molar-refractivity contribution in [1.82, 2.24) is 5.32 Å². The summed E-state index contributed by atoms with van der Waals surface area (Å²) in [6, 6.07) is 4.96. The lowest BCUT2D eigenvalue weighted by molar-refractivity contribution is 0.348. The number of benzene rings is 1. The monoisotopic (exact) mass is 339 g/mol. The van der Waals surface area contributed by atoms with Gasteiger partial charge in [-0.05, 0) is 55.0 Å². The summed E-state index contributed by atoms with van der Waals surface area (Å²) in [6.45, 7) is 8.73. The number of hydrogen-bond donors (Lipinski definition) is 1. The highest BCUT2D eigenvalue weighted by molar-refractivity contribution is 9.10. The maximum atomic E-state index is 5.85. The van der Waals surface area contributed by atoms with E-state index in [4.69, 9.17) is 4.74 Å². The van der Waals surface area contributed by atoms with Crippen LogP contribution in [0.4, 0.5) is 0 Å². The summed E-state index contributed by atoms with van der Waals surface area (Å²) in [5.74, 6) is 1.85. The molecule has 112 valence electrons. The molecule has 0 aromatic heterocycles. The van der Waals surface area contributed by atoms with E-state index in [0.29, 0.717) is 12.0 Å². The van der Waals surface area contributed by atoms with E-state index in [9.17, 15) is 0 Å². The molecule has 0 radical (unpaired) electrons. The molecule has 1 heterocycles. The van der Waals surface area contributed by atoms with E-state index in [2.05, 4.69) is 54.2 Å². The van der Waals surface area contributed by atoms with Gasteiger partial charge in [0.05, 0.1) is 6.61 Å². The number of ether oxygens (including phenoxy) is 1. The van der Waals surface area contributed by atoms with Crippen LogP contribution in [0.5, 0.6) is 5.75 Å². The second-order valence-electron chi connectivity index (χ2n) is 6.14. The quantitative estimate of drug-likeness (QED) is 0.797. The fraction of sp³-hybridized carbons (Fsp3) is 0.647. The average Bonchev–Trinajstić information content (AvgIpc) is 2.83. The van der Waals surface area contributed by atoms with Crippen LogP contribution in [0.15, 0.2) is 16.6 Å². The number of nitrogens with one attached hydrogen (secondary N) is 1. The van der Waals surface area contributed by atoms with Crippen LogP contribution >= 0.6 is 15.9 Å². The molecule has 1 aliphatic rings. The largest absolute Gasteiger partial charge is 0.493 e. The van der Waals surface area contributed by atoms with Crippen LogP contribution in [-0.2, 0) is 12.8 Å². The predicted octanol–water partition coefficient (Wildman–Crippen LogP) is 4.34. The molecule has 0 aliphatic carbocycles. The zero-order chi connectivity index (χ0) is 14.5. The molecule has 1 atom stereocenters. The smallest absolute Gasteiger partial charge is 0.125 e. The van der Waals surface area contributed by atoms with Crippen LogP contribution in [0, 0.1) is 5.92 Å². The van der Waals surface area contributed by atoms with Crippen molar-refractivity contribution in [2.45, 2.75) is 52.5 Å². The highest BCUT2D eigenvalue weighted by Crippen LogP contribution is 2.34. The van der Waals surface area contributed by atoms with Gasteiger partial charge < -0.3 is 10.1 Å². The van der Waals surface area contributed by atoms with Gasteiger partial charge in [0.15, 0.2) is 0 Å².